The third-order valence-electron chi connectivity index (χ3n) is 4.31. The number of imide groups is 1. The molecular formula is C17H20N2O5S. The Bertz CT molecular complexity index is 720. The monoisotopic (exact) mass is 364 g/mol. The Hall–Kier alpha value is -2.22. The molecule has 2 amide bonds. The normalized spacial score (nSPS) is 21.1. The predicted molar refractivity (Wildman–Crippen MR) is 94.1 cm³/mol. The van der Waals surface area contributed by atoms with Crippen molar-refractivity contribution < 1.29 is 23.5 Å². The van der Waals surface area contributed by atoms with E-state index in [-0.39, 0.29) is 4.91 Å². The molecule has 2 aliphatic heterocycles. The lowest BCUT2D eigenvalue weighted by molar-refractivity contribution is -0.148. The van der Waals surface area contributed by atoms with Crippen LogP contribution in [0.15, 0.2) is 21.5 Å². The van der Waals surface area contributed by atoms with Gasteiger partial charge in [-0.25, -0.2) is 4.79 Å². The molecule has 0 spiro atoms. The molecular weight excluding hydrogens is 344 g/mol. The molecule has 0 aliphatic carbocycles. The number of carbonyl (C=O) groups excluding carboxylic acids is 3. The van der Waals surface area contributed by atoms with Gasteiger partial charge >= 0.3 is 5.97 Å². The second-order valence-corrected chi connectivity index (χ2v) is 6.97. The summed E-state index contributed by atoms with van der Waals surface area (Å²) in [6, 6.07) is 2.70. The molecule has 0 saturated carbocycles. The van der Waals surface area contributed by atoms with Crippen molar-refractivity contribution in [2.24, 2.45) is 0 Å². The van der Waals surface area contributed by atoms with Gasteiger partial charge in [0, 0.05) is 25.2 Å². The summed E-state index contributed by atoms with van der Waals surface area (Å²) >= 11 is 0.795. The van der Waals surface area contributed by atoms with Crippen LogP contribution in [0.4, 0.5) is 10.7 Å². The largest absolute Gasteiger partial charge is 0.467 e. The van der Waals surface area contributed by atoms with Crippen LogP contribution in [-0.2, 0) is 14.3 Å². The van der Waals surface area contributed by atoms with Gasteiger partial charge in [0.2, 0.25) is 0 Å². The number of ether oxygens (including phenoxy) is 1. The first kappa shape index (κ1) is 17.6. The third-order valence-corrected chi connectivity index (χ3v) is 5.19. The molecule has 2 fully saturated rings. The van der Waals surface area contributed by atoms with E-state index < -0.39 is 23.2 Å². The van der Waals surface area contributed by atoms with E-state index in [1.807, 2.05) is 6.07 Å². The second-order valence-electron chi connectivity index (χ2n) is 5.97. The first-order chi connectivity index (χ1) is 12.0. The van der Waals surface area contributed by atoms with Crippen molar-refractivity contribution >= 4 is 40.8 Å². The highest BCUT2D eigenvalue weighted by atomic mass is 32.2. The SMILES string of the molecule is COC(=O)[C@@H](C)N1C(=O)S/C(=C/c2ccc(N3CCCCC3)o2)C1=O. The molecule has 7 nitrogen and oxygen atoms in total. The molecule has 0 radical (unpaired) electrons. The molecule has 0 bridgehead atoms. The van der Waals surface area contributed by atoms with E-state index in [1.54, 1.807) is 12.1 Å². The van der Waals surface area contributed by atoms with Crippen molar-refractivity contribution in [3.8, 4) is 0 Å². The van der Waals surface area contributed by atoms with E-state index in [4.69, 9.17) is 4.42 Å². The molecule has 8 heteroatoms. The number of rotatable bonds is 4. The van der Waals surface area contributed by atoms with Gasteiger partial charge in [-0.1, -0.05) is 0 Å². The molecule has 134 valence electrons. The average molecular weight is 364 g/mol. The van der Waals surface area contributed by atoms with Crippen LogP contribution in [0.5, 0.6) is 0 Å². The van der Waals surface area contributed by atoms with Gasteiger partial charge in [0.05, 0.1) is 12.0 Å². The van der Waals surface area contributed by atoms with Gasteiger partial charge in [0.15, 0.2) is 5.88 Å². The third kappa shape index (κ3) is 3.58. The summed E-state index contributed by atoms with van der Waals surface area (Å²) in [6.07, 6.45) is 5.05. The number of amides is 2. The molecule has 1 aromatic rings. The van der Waals surface area contributed by atoms with Crippen molar-refractivity contribution in [2.75, 3.05) is 25.1 Å². The predicted octanol–water partition coefficient (Wildman–Crippen LogP) is 2.87. The van der Waals surface area contributed by atoms with Crippen LogP contribution in [0, 0.1) is 0 Å². The van der Waals surface area contributed by atoms with Gasteiger partial charge in [0.25, 0.3) is 11.1 Å². The summed E-state index contributed by atoms with van der Waals surface area (Å²) in [6.45, 7) is 3.38. The molecule has 25 heavy (non-hydrogen) atoms. The first-order valence-corrected chi connectivity index (χ1v) is 9.02. The molecule has 2 aliphatic rings. The summed E-state index contributed by atoms with van der Waals surface area (Å²) in [5.74, 6) is 0.141. The van der Waals surface area contributed by atoms with E-state index in [9.17, 15) is 14.4 Å². The molecule has 0 N–H and O–H groups in total. The van der Waals surface area contributed by atoms with Crippen LogP contribution in [0.25, 0.3) is 6.08 Å². The number of piperidine rings is 1. The maximum absolute atomic E-state index is 12.4. The fourth-order valence-electron chi connectivity index (χ4n) is 2.92. The molecule has 1 atom stereocenters. The van der Waals surface area contributed by atoms with Gasteiger partial charge in [-0.15, -0.1) is 0 Å². The van der Waals surface area contributed by atoms with Gasteiger partial charge < -0.3 is 14.1 Å². The van der Waals surface area contributed by atoms with Gasteiger partial charge in [-0.2, -0.15) is 0 Å². The minimum absolute atomic E-state index is 0.236. The summed E-state index contributed by atoms with van der Waals surface area (Å²) in [4.78, 5) is 39.5. The molecule has 3 rings (SSSR count). The van der Waals surface area contributed by atoms with E-state index in [0.29, 0.717) is 5.76 Å². The standard InChI is InChI=1S/C17H20N2O5S/c1-11(16(21)23-2)19-15(20)13(25-17(19)22)10-12-6-7-14(24-12)18-8-4-3-5-9-18/h6-7,10-11H,3-5,8-9H2,1-2H3/b13-10+/t11-/m1/s1. The summed E-state index contributed by atoms with van der Waals surface area (Å²) < 4.78 is 10.4. The number of nitrogens with zero attached hydrogens (tertiary/aromatic N) is 2. The lowest BCUT2D eigenvalue weighted by Crippen LogP contribution is -2.42. The number of esters is 1. The summed E-state index contributed by atoms with van der Waals surface area (Å²) in [5, 5.41) is -0.489. The molecule has 0 aromatic carbocycles. The zero-order chi connectivity index (χ0) is 18.0. The van der Waals surface area contributed by atoms with Gasteiger partial charge in [0.1, 0.15) is 11.8 Å². The van der Waals surface area contributed by atoms with Crippen LogP contribution in [-0.4, -0.2) is 48.3 Å². The highest BCUT2D eigenvalue weighted by molar-refractivity contribution is 8.18. The lowest BCUT2D eigenvalue weighted by atomic mass is 10.1. The average Bonchev–Trinajstić information content (AvgIpc) is 3.19. The Morgan fingerprint density at radius 3 is 2.68 bits per heavy atom. The van der Waals surface area contributed by atoms with Gasteiger partial charge in [-0.3, -0.25) is 14.5 Å². The van der Waals surface area contributed by atoms with Gasteiger partial charge in [-0.05, 0) is 44.0 Å². The Labute approximate surface area is 150 Å². The highest BCUT2D eigenvalue weighted by Gasteiger charge is 2.41. The minimum atomic E-state index is -0.955. The number of thioether (sulfide) groups is 1. The van der Waals surface area contributed by atoms with Crippen molar-refractivity contribution in [3.63, 3.8) is 0 Å². The van der Waals surface area contributed by atoms with E-state index >= 15 is 0 Å². The Morgan fingerprint density at radius 1 is 1.28 bits per heavy atom. The molecule has 0 unspecified atom stereocenters. The fraction of sp³-hybridized carbons (Fsp3) is 0.471. The smallest absolute Gasteiger partial charge is 0.328 e. The van der Waals surface area contributed by atoms with Crippen LogP contribution in [0.1, 0.15) is 31.9 Å². The fourth-order valence-corrected chi connectivity index (χ4v) is 3.81. The maximum Gasteiger partial charge on any atom is 0.328 e. The number of anilines is 1. The maximum atomic E-state index is 12.4. The molecule has 3 heterocycles. The zero-order valence-corrected chi connectivity index (χ0v) is 15.0. The van der Waals surface area contributed by atoms with E-state index in [1.165, 1.54) is 20.5 Å². The first-order valence-electron chi connectivity index (χ1n) is 8.21. The molecule has 2 saturated heterocycles. The van der Waals surface area contributed by atoms with Crippen molar-refractivity contribution in [3.05, 3.63) is 22.8 Å². The van der Waals surface area contributed by atoms with Crippen LogP contribution < -0.4 is 4.90 Å². The Balaban J connectivity index is 1.76. The highest BCUT2D eigenvalue weighted by Crippen LogP contribution is 2.34. The quantitative estimate of drug-likeness (QED) is 0.600. The topological polar surface area (TPSA) is 80.1 Å². The van der Waals surface area contributed by atoms with Crippen LogP contribution >= 0.6 is 11.8 Å². The lowest BCUT2D eigenvalue weighted by Gasteiger charge is -2.25. The van der Waals surface area contributed by atoms with Crippen molar-refractivity contribution in [2.45, 2.75) is 32.2 Å². The minimum Gasteiger partial charge on any atom is -0.467 e. The van der Waals surface area contributed by atoms with E-state index in [0.717, 1.165) is 48.5 Å². The van der Waals surface area contributed by atoms with E-state index in [2.05, 4.69) is 9.64 Å². The zero-order valence-electron chi connectivity index (χ0n) is 14.2. The number of furan rings is 1. The van der Waals surface area contributed by atoms with Crippen LogP contribution in [0.2, 0.25) is 0 Å². The van der Waals surface area contributed by atoms with Crippen molar-refractivity contribution in [1.82, 2.24) is 4.90 Å². The summed E-state index contributed by atoms with van der Waals surface area (Å²) in [7, 11) is 1.22. The number of hydrogen-bond donors (Lipinski definition) is 0. The Morgan fingerprint density at radius 2 is 2.00 bits per heavy atom. The van der Waals surface area contributed by atoms with Crippen molar-refractivity contribution in [1.29, 1.82) is 0 Å². The summed E-state index contributed by atoms with van der Waals surface area (Å²) in [5.41, 5.74) is 0. The number of methoxy groups -OCH3 is 1. The molecule has 1 aromatic heterocycles. The number of hydrogen-bond acceptors (Lipinski definition) is 7. The Kier molecular flexibility index (Phi) is 5.17. The second kappa shape index (κ2) is 7.35. The number of carbonyl (C=O) groups is 3. The van der Waals surface area contributed by atoms with Crippen LogP contribution in [0.3, 0.4) is 0 Å².